The van der Waals surface area contributed by atoms with Crippen LogP contribution in [0.4, 0.5) is 0 Å². The lowest BCUT2D eigenvalue weighted by Gasteiger charge is -2.09. The van der Waals surface area contributed by atoms with Crippen molar-refractivity contribution in [3.05, 3.63) is 36.2 Å². The number of ether oxygens (including phenoxy) is 1. The molecule has 4 heteroatoms. The highest BCUT2D eigenvalue weighted by atomic mass is 32.2. The number of hydrogen-bond donors (Lipinski definition) is 0. The van der Waals surface area contributed by atoms with Crippen LogP contribution >= 0.6 is 11.8 Å². The number of carbonyl (C=O) groups is 1. The van der Waals surface area contributed by atoms with Crippen LogP contribution in [0.5, 0.6) is 5.75 Å². The summed E-state index contributed by atoms with van der Waals surface area (Å²) in [4.78, 5) is 13.7. The van der Waals surface area contributed by atoms with E-state index < -0.39 is 0 Å². The minimum Gasteiger partial charge on any atom is -0.452 e. The van der Waals surface area contributed by atoms with E-state index in [0.717, 1.165) is 4.90 Å². The third-order valence-electron chi connectivity index (χ3n) is 1.80. The molecule has 0 saturated carbocycles. The van der Waals surface area contributed by atoms with Gasteiger partial charge in [0.15, 0.2) is 12.0 Å². The number of rotatable bonds is 5. The van der Waals surface area contributed by atoms with Crippen molar-refractivity contribution in [2.45, 2.75) is 4.90 Å². The summed E-state index contributed by atoms with van der Waals surface area (Å²) < 4.78 is 5.42. The van der Waals surface area contributed by atoms with E-state index in [1.807, 2.05) is 44.6 Å². The smallest absolute Gasteiger partial charge is 0.186 e. The Morgan fingerprint density at radius 3 is 2.38 bits per heavy atom. The van der Waals surface area contributed by atoms with E-state index in [1.54, 1.807) is 22.9 Å². The van der Waals surface area contributed by atoms with Gasteiger partial charge in [0.05, 0.1) is 0 Å². The van der Waals surface area contributed by atoms with E-state index in [9.17, 15) is 4.79 Å². The van der Waals surface area contributed by atoms with Crippen molar-refractivity contribution < 1.29 is 9.53 Å². The average molecular weight is 237 g/mol. The largest absolute Gasteiger partial charge is 0.452 e. The number of nitrogens with zero attached hydrogens (tertiary/aromatic N) is 1. The van der Waals surface area contributed by atoms with Gasteiger partial charge in [0.1, 0.15) is 5.75 Å². The molecule has 0 heterocycles. The van der Waals surface area contributed by atoms with E-state index >= 15 is 0 Å². The molecule has 3 nitrogen and oxygen atoms in total. The van der Waals surface area contributed by atoms with Crippen LogP contribution in [0.3, 0.4) is 0 Å². The normalized spacial score (nSPS) is 11.1. The number of allylic oxidation sites excluding steroid dienone is 1. The summed E-state index contributed by atoms with van der Waals surface area (Å²) in [5.74, 6) is 0.958. The van der Waals surface area contributed by atoms with Crippen LogP contribution in [0, 0.1) is 0 Å². The summed E-state index contributed by atoms with van der Waals surface area (Å²) in [5, 5.41) is 0. The maximum absolute atomic E-state index is 10.7. The average Bonchev–Trinajstić information content (AvgIpc) is 2.28. The van der Waals surface area contributed by atoms with Gasteiger partial charge in [-0.25, -0.2) is 0 Å². The van der Waals surface area contributed by atoms with Gasteiger partial charge < -0.3 is 9.64 Å². The first-order valence-electron chi connectivity index (χ1n) is 4.81. The Morgan fingerprint density at radius 2 is 1.94 bits per heavy atom. The van der Waals surface area contributed by atoms with Crippen molar-refractivity contribution in [3.8, 4) is 5.75 Å². The maximum atomic E-state index is 10.7. The lowest BCUT2D eigenvalue weighted by molar-refractivity contribution is -0.106. The van der Waals surface area contributed by atoms with Gasteiger partial charge in [0.2, 0.25) is 0 Å². The molecule has 0 spiro atoms. The standard InChI is InChI=1S/C12H15NO2S/c1-13(2)8-11(9-14)15-10-4-6-12(16-3)7-5-10/h4-9H,1-3H3. The number of benzene rings is 1. The summed E-state index contributed by atoms with van der Waals surface area (Å²) in [5.41, 5.74) is 0. The molecule has 0 saturated heterocycles. The van der Waals surface area contributed by atoms with E-state index in [1.165, 1.54) is 0 Å². The van der Waals surface area contributed by atoms with Crippen molar-refractivity contribution in [1.29, 1.82) is 0 Å². The number of thioether (sulfide) groups is 1. The molecule has 0 unspecified atom stereocenters. The van der Waals surface area contributed by atoms with Crippen molar-refractivity contribution in [2.24, 2.45) is 0 Å². The number of carbonyl (C=O) groups excluding carboxylic acids is 1. The van der Waals surface area contributed by atoms with Gasteiger partial charge in [0, 0.05) is 25.2 Å². The first-order chi connectivity index (χ1) is 7.65. The van der Waals surface area contributed by atoms with Crippen LogP contribution in [0.25, 0.3) is 0 Å². The summed E-state index contributed by atoms with van der Waals surface area (Å²) >= 11 is 1.66. The molecule has 0 bridgehead atoms. The van der Waals surface area contributed by atoms with E-state index in [4.69, 9.17) is 4.74 Å². The summed E-state index contributed by atoms with van der Waals surface area (Å²) in [6.07, 6.45) is 4.34. The van der Waals surface area contributed by atoms with Crippen LogP contribution in [0.1, 0.15) is 0 Å². The predicted molar refractivity (Wildman–Crippen MR) is 66.7 cm³/mol. The Balaban J connectivity index is 2.74. The minimum absolute atomic E-state index is 0.293. The molecule has 0 atom stereocenters. The monoisotopic (exact) mass is 237 g/mol. The quantitative estimate of drug-likeness (QED) is 0.340. The van der Waals surface area contributed by atoms with Crippen LogP contribution in [-0.4, -0.2) is 31.5 Å². The SMILES string of the molecule is CSc1ccc(OC(C=O)=CN(C)C)cc1. The van der Waals surface area contributed by atoms with E-state index in [-0.39, 0.29) is 0 Å². The molecule has 0 aromatic heterocycles. The molecule has 0 aliphatic rings. The molecule has 1 aromatic rings. The maximum Gasteiger partial charge on any atom is 0.186 e. The summed E-state index contributed by atoms with van der Waals surface area (Å²) in [6.45, 7) is 0. The highest BCUT2D eigenvalue weighted by molar-refractivity contribution is 7.98. The van der Waals surface area contributed by atoms with Gasteiger partial charge in [-0.15, -0.1) is 11.8 Å². The first kappa shape index (κ1) is 12.6. The molecule has 0 aliphatic heterocycles. The molecular weight excluding hydrogens is 222 g/mol. The van der Waals surface area contributed by atoms with Crippen LogP contribution in [0.15, 0.2) is 41.1 Å². The fourth-order valence-electron chi connectivity index (χ4n) is 1.12. The Labute approximate surface area is 100 Å². The Kier molecular flexibility index (Phi) is 4.92. The topological polar surface area (TPSA) is 29.5 Å². The van der Waals surface area contributed by atoms with Crippen LogP contribution < -0.4 is 4.74 Å². The first-order valence-corrected chi connectivity index (χ1v) is 6.03. The van der Waals surface area contributed by atoms with Crippen molar-refractivity contribution >= 4 is 18.0 Å². The zero-order valence-corrected chi connectivity index (χ0v) is 10.5. The molecular formula is C12H15NO2S. The zero-order chi connectivity index (χ0) is 12.0. The summed E-state index contributed by atoms with van der Waals surface area (Å²) in [6, 6.07) is 7.60. The van der Waals surface area contributed by atoms with E-state index in [0.29, 0.717) is 17.8 Å². The van der Waals surface area contributed by atoms with Gasteiger partial charge in [0.25, 0.3) is 0 Å². The number of aldehydes is 1. The Bertz CT molecular complexity index is 371. The van der Waals surface area contributed by atoms with Crippen LogP contribution in [0.2, 0.25) is 0 Å². The second kappa shape index (κ2) is 6.23. The molecule has 0 N–H and O–H groups in total. The molecule has 1 aromatic carbocycles. The fourth-order valence-corrected chi connectivity index (χ4v) is 1.52. The van der Waals surface area contributed by atoms with Gasteiger partial charge in [-0.1, -0.05) is 0 Å². The van der Waals surface area contributed by atoms with Gasteiger partial charge >= 0.3 is 0 Å². The molecule has 0 aliphatic carbocycles. The van der Waals surface area contributed by atoms with Gasteiger partial charge in [-0.2, -0.15) is 0 Å². The molecule has 16 heavy (non-hydrogen) atoms. The zero-order valence-electron chi connectivity index (χ0n) is 9.64. The van der Waals surface area contributed by atoms with Gasteiger partial charge in [-0.05, 0) is 30.5 Å². The number of hydrogen-bond acceptors (Lipinski definition) is 4. The Morgan fingerprint density at radius 1 is 1.31 bits per heavy atom. The predicted octanol–water partition coefficient (Wildman–Crippen LogP) is 2.39. The fraction of sp³-hybridized carbons (Fsp3) is 0.250. The molecule has 0 amide bonds. The van der Waals surface area contributed by atoms with Crippen molar-refractivity contribution in [3.63, 3.8) is 0 Å². The minimum atomic E-state index is 0.293. The molecule has 1 rings (SSSR count). The highest BCUT2D eigenvalue weighted by Crippen LogP contribution is 2.20. The van der Waals surface area contributed by atoms with Gasteiger partial charge in [-0.3, -0.25) is 4.79 Å². The lowest BCUT2D eigenvalue weighted by Crippen LogP contribution is -2.07. The van der Waals surface area contributed by atoms with Crippen LogP contribution in [-0.2, 0) is 4.79 Å². The molecule has 86 valence electrons. The van der Waals surface area contributed by atoms with E-state index in [2.05, 4.69) is 0 Å². The van der Waals surface area contributed by atoms with Crippen molar-refractivity contribution in [1.82, 2.24) is 4.90 Å². The second-order valence-corrected chi connectivity index (χ2v) is 4.27. The summed E-state index contributed by atoms with van der Waals surface area (Å²) in [7, 11) is 3.67. The molecule has 0 fully saturated rings. The third kappa shape index (κ3) is 3.98. The second-order valence-electron chi connectivity index (χ2n) is 3.39. The van der Waals surface area contributed by atoms with Crippen molar-refractivity contribution in [2.75, 3.05) is 20.4 Å². The highest BCUT2D eigenvalue weighted by Gasteiger charge is 2.00. The Hall–Kier alpha value is -1.42. The molecule has 0 radical (unpaired) electrons. The third-order valence-corrected chi connectivity index (χ3v) is 2.54. The lowest BCUT2D eigenvalue weighted by atomic mass is 10.3.